The summed E-state index contributed by atoms with van der Waals surface area (Å²) >= 11 is 0. The molecule has 0 unspecified atom stereocenters. The minimum Gasteiger partial charge on any atom is -0.475 e. The zero-order valence-corrected chi connectivity index (χ0v) is 7.54. The van der Waals surface area contributed by atoms with Crippen molar-refractivity contribution in [1.82, 2.24) is 10.2 Å². The predicted octanol–water partition coefficient (Wildman–Crippen LogP) is 0.556. The van der Waals surface area contributed by atoms with Gasteiger partial charge in [-0.15, -0.1) is 0 Å². The number of Topliss-reactive ketones (excluding diaryl/α,β-unsaturated/α-hetero) is 1. The Kier molecular flexibility index (Phi) is 2.07. The van der Waals surface area contributed by atoms with Crippen molar-refractivity contribution in [2.45, 2.75) is 25.7 Å². The van der Waals surface area contributed by atoms with Crippen molar-refractivity contribution in [2.75, 3.05) is 0 Å². The van der Waals surface area contributed by atoms with E-state index in [0.717, 1.165) is 36.9 Å². The number of ketones is 1. The van der Waals surface area contributed by atoms with Crippen molar-refractivity contribution >= 4 is 11.8 Å². The zero-order valence-electron chi connectivity index (χ0n) is 7.54. The number of nitrogens with zero attached hydrogens (tertiary/aromatic N) is 1. The molecule has 0 atom stereocenters. The molecule has 0 aromatic carbocycles. The van der Waals surface area contributed by atoms with Crippen LogP contribution in [0.2, 0.25) is 0 Å². The molecule has 2 rings (SSSR count). The average Bonchev–Trinajstić information content (AvgIpc) is 2.60. The van der Waals surface area contributed by atoms with Crippen molar-refractivity contribution in [3.63, 3.8) is 0 Å². The number of aryl methyl sites for hydroxylation is 1. The van der Waals surface area contributed by atoms with Crippen LogP contribution >= 0.6 is 0 Å². The number of carboxylic acids is 1. The van der Waals surface area contributed by atoms with Crippen LogP contribution in [0, 0.1) is 0 Å². The lowest BCUT2D eigenvalue weighted by Gasteiger charge is -2.09. The van der Waals surface area contributed by atoms with Crippen LogP contribution in [0.25, 0.3) is 0 Å². The second-order valence-corrected chi connectivity index (χ2v) is 3.37. The first-order valence-electron chi connectivity index (χ1n) is 4.54. The maximum Gasteiger partial charge on any atom is 0.379 e. The van der Waals surface area contributed by atoms with E-state index in [4.69, 9.17) is 5.11 Å². The van der Waals surface area contributed by atoms with Gasteiger partial charge in [-0.3, -0.25) is 9.89 Å². The molecule has 0 fully saturated rings. The Morgan fingerprint density at radius 1 is 1.29 bits per heavy atom. The molecule has 74 valence electrons. The van der Waals surface area contributed by atoms with Crippen molar-refractivity contribution in [3.05, 3.63) is 17.0 Å². The fourth-order valence-corrected chi connectivity index (χ4v) is 1.77. The van der Waals surface area contributed by atoms with E-state index in [1.807, 2.05) is 0 Å². The van der Waals surface area contributed by atoms with Crippen LogP contribution in [-0.4, -0.2) is 27.1 Å². The highest BCUT2D eigenvalue weighted by Gasteiger charge is 2.25. The Hall–Kier alpha value is -1.65. The molecule has 5 heteroatoms. The lowest BCUT2D eigenvalue weighted by molar-refractivity contribution is -0.131. The first-order chi connectivity index (χ1) is 6.70. The summed E-state index contributed by atoms with van der Waals surface area (Å²) in [4.78, 5) is 21.7. The summed E-state index contributed by atoms with van der Waals surface area (Å²) in [6, 6.07) is 0. The molecule has 0 saturated heterocycles. The normalized spacial score (nSPS) is 14.9. The monoisotopic (exact) mass is 194 g/mol. The molecule has 1 aliphatic carbocycles. The second kappa shape index (κ2) is 3.25. The molecule has 5 nitrogen and oxygen atoms in total. The number of fused-ring (bicyclic) bond motifs is 1. The fraction of sp³-hybridized carbons (Fsp3) is 0.444. The number of hydrogen-bond acceptors (Lipinski definition) is 3. The van der Waals surface area contributed by atoms with Crippen molar-refractivity contribution in [3.8, 4) is 0 Å². The molecule has 1 heterocycles. The van der Waals surface area contributed by atoms with Gasteiger partial charge in [-0.25, -0.2) is 4.79 Å². The van der Waals surface area contributed by atoms with E-state index in [2.05, 4.69) is 10.2 Å². The number of hydrogen-bond donors (Lipinski definition) is 2. The topological polar surface area (TPSA) is 83.0 Å². The van der Waals surface area contributed by atoms with E-state index < -0.39 is 11.8 Å². The molecule has 0 saturated carbocycles. The number of aliphatic carboxylic acids is 1. The molecule has 0 radical (unpaired) electrons. The number of carboxylic acid groups (broad SMARTS) is 1. The summed E-state index contributed by atoms with van der Waals surface area (Å²) in [7, 11) is 0. The minimum atomic E-state index is -1.44. The molecular formula is C9H10N2O3. The largest absolute Gasteiger partial charge is 0.475 e. The van der Waals surface area contributed by atoms with Gasteiger partial charge in [0.15, 0.2) is 0 Å². The molecule has 1 aromatic heterocycles. The average molecular weight is 194 g/mol. The van der Waals surface area contributed by atoms with E-state index in [-0.39, 0.29) is 5.69 Å². The Morgan fingerprint density at radius 2 is 2.00 bits per heavy atom. The van der Waals surface area contributed by atoms with E-state index in [9.17, 15) is 9.59 Å². The van der Waals surface area contributed by atoms with Gasteiger partial charge in [0.25, 0.3) is 5.78 Å². The summed E-state index contributed by atoms with van der Waals surface area (Å²) in [5.74, 6) is -2.35. The molecule has 0 bridgehead atoms. The maximum absolute atomic E-state index is 11.2. The third-order valence-corrected chi connectivity index (χ3v) is 2.47. The fourth-order valence-electron chi connectivity index (χ4n) is 1.77. The van der Waals surface area contributed by atoms with Gasteiger partial charge in [0.05, 0.1) is 0 Å². The number of H-pyrrole nitrogens is 1. The van der Waals surface area contributed by atoms with Crippen LogP contribution in [0.4, 0.5) is 0 Å². The third kappa shape index (κ3) is 1.30. The van der Waals surface area contributed by atoms with Gasteiger partial charge in [0.2, 0.25) is 0 Å². The van der Waals surface area contributed by atoms with Crippen LogP contribution in [-0.2, 0) is 17.6 Å². The van der Waals surface area contributed by atoms with E-state index in [0.29, 0.717) is 0 Å². The maximum atomic E-state index is 11.2. The molecule has 0 spiro atoms. The summed E-state index contributed by atoms with van der Waals surface area (Å²) in [5, 5.41) is 15.0. The van der Waals surface area contributed by atoms with E-state index in [1.54, 1.807) is 0 Å². The van der Waals surface area contributed by atoms with Gasteiger partial charge in [0, 0.05) is 11.3 Å². The minimum absolute atomic E-state index is 0.0900. The molecule has 0 amide bonds. The molecule has 2 N–H and O–H groups in total. The first kappa shape index (κ1) is 8.93. The molecule has 0 aliphatic heterocycles. The second-order valence-electron chi connectivity index (χ2n) is 3.37. The quantitative estimate of drug-likeness (QED) is 0.532. The van der Waals surface area contributed by atoms with Gasteiger partial charge in [-0.05, 0) is 25.7 Å². The van der Waals surface area contributed by atoms with E-state index in [1.165, 1.54) is 0 Å². The van der Waals surface area contributed by atoms with Gasteiger partial charge in [0.1, 0.15) is 5.69 Å². The number of carbonyl (C=O) groups is 2. The lowest BCUT2D eigenvalue weighted by Crippen LogP contribution is -2.16. The van der Waals surface area contributed by atoms with Crippen molar-refractivity contribution in [1.29, 1.82) is 0 Å². The van der Waals surface area contributed by atoms with Crippen molar-refractivity contribution in [2.24, 2.45) is 0 Å². The van der Waals surface area contributed by atoms with E-state index >= 15 is 0 Å². The highest BCUT2D eigenvalue weighted by Crippen LogP contribution is 2.22. The number of aromatic amines is 1. The summed E-state index contributed by atoms with van der Waals surface area (Å²) in [6.45, 7) is 0. The number of aromatic nitrogens is 2. The summed E-state index contributed by atoms with van der Waals surface area (Å²) < 4.78 is 0. The van der Waals surface area contributed by atoms with Crippen LogP contribution in [0.15, 0.2) is 0 Å². The van der Waals surface area contributed by atoms with Crippen LogP contribution in [0.5, 0.6) is 0 Å². The summed E-state index contributed by atoms with van der Waals surface area (Å²) in [6.07, 6.45) is 3.66. The number of nitrogens with one attached hydrogen (secondary N) is 1. The highest BCUT2D eigenvalue weighted by atomic mass is 16.4. The SMILES string of the molecule is O=C(O)C(=O)c1n[nH]c2c1CCCC2. The van der Waals surface area contributed by atoms with Gasteiger partial charge in [-0.2, -0.15) is 5.10 Å². The zero-order chi connectivity index (χ0) is 10.1. The lowest BCUT2D eigenvalue weighted by atomic mass is 9.95. The Labute approximate surface area is 80.1 Å². The smallest absolute Gasteiger partial charge is 0.379 e. The standard InChI is InChI=1S/C9H10N2O3/c12-8(9(13)14)7-5-3-1-2-4-6(5)10-11-7/h1-4H2,(H,10,11)(H,13,14). The number of rotatable bonds is 2. The highest BCUT2D eigenvalue weighted by molar-refractivity contribution is 6.39. The number of carbonyl (C=O) groups excluding carboxylic acids is 1. The van der Waals surface area contributed by atoms with Gasteiger partial charge >= 0.3 is 5.97 Å². The molecular weight excluding hydrogens is 184 g/mol. The van der Waals surface area contributed by atoms with Gasteiger partial charge in [-0.1, -0.05) is 0 Å². The Balaban J connectivity index is 2.39. The van der Waals surface area contributed by atoms with Crippen molar-refractivity contribution < 1.29 is 14.7 Å². The molecule has 14 heavy (non-hydrogen) atoms. The Morgan fingerprint density at radius 3 is 2.71 bits per heavy atom. The molecule has 1 aromatic rings. The third-order valence-electron chi connectivity index (χ3n) is 2.47. The van der Waals surface area contributed by atoms with Crippen LogP contribution in [0.3, 0.4) is 0 Å². The Bertz CT molecular complexity index is 395. The predicted molar refractivity (Wildman–Crippen MR) is 47.2 cm³/mol. The summed E-state index contributed by atoms with van der Waals surface area (Å²) in [5.41, 5.74) is 1.80. The first-order valence-corrected chi connectivity index (χ1v) is 4.54. The van der Waals surface area contributed by atoms with Crippen LogP contribution < -0.4 is 0 Å². The molecule has 1 aliphatic rings. The van der Waals surface area contributed by atoms with Gasteiger partial charge < -0.3 is 5.11 Å². The van der Waals surface area contributed by atoms with Crippen LogP contribution in [0.1, 0.15) is 34.6 Å².